The number of anilines is 1. The van der Waals surface area contributed by atoms with Gasteiger partial charge in [-0.05, 0) is 34.2 Å². The fourth-order valence-electron chi connectivity index (χ4n) is 2.66. The number of carbonyl (C=O) groups is 1. The highest BCUT2D eigenvalue weighted by atomic mass is 16.2. The summed E-state index contributed by atoms with van der Waals surface area (Å²) in [5.74, 6) is 1.17. The molecule has 2 amide bonds. The standard InChI is InChI=1S/C17H17N9O/c1-25-16(22-23-24-25)6-8-19-17(27)21-14-11-26-10-13(4-5-15(26)20-14)12-3-2-7-18-9-12/h2-5,7,9-11H,6,8H2,1H3,(H2,19,21,27). The Balaban J connectivity index is 1.40. The number of nitrogens with one attached hydrogen (secondary N) is 2. The van der Waals surface area contributed by atoms with E-state index >= 15 is 0 Å². The summed E-state index contributed by atoms with van der Waals surface area (Å²) in [6.07, 6.45) is 7.79. The molecule has 0 fully saturated rings. The van der Waals surface area contributed by atoms with Gasteiger partial charge in [0.15, 0.2) is 11.6 Å². The van der Waals surface area contributed by atoms with Crippen molar-refractivity contribution in [2.45, 2.75) is 6.42 Å². The molecule has 4 heterocycles. The summed E-state index contributed by atoms with van der Waals surface area (Å²) in [6, 6.07) is 7.41. The van der Waals surface area contributed by atoms with E-state index in [1.54, 1.807) is 30.3 Å². The summed E-state index contributed by atoms with van der Waals surface area (Å²) in [5.41, 5.74) is 2.77. The van der Waals surface area contributed by atoms with Gasteiger partial charge in [-0.15, -0.1) is 5.10 Å². The summed E-state index contributed by atoms with van der Waals surface area (Å²) in [4.78, 5) is 20.6. The van der Waals surface area contributed by atoms with Crippen molar-refractivity contribution in [2.24, 2.45) is 7.05 Å². The van der Waals surface area contributed by atoms with Crippen molar-refractivity contribution in [3.63, 3.8) is 0 Å². The molecular formula is C17H17N9O. The van der Waals surface area contributed by atoms with Gasteiger partial charge in [0.2, 0.25) is 0 Å². The van der Waals surface area contributed by atoms with E-state index in [0.29, 0.717) is 24.6 Å². The molecule has 10 heteroatoms. The van der Waals surface area contributed by atoms with Crippen molar-refractivity contribution in [3.8, 4) is 11.1 Å². The average molecular weight is 363 g/mol. The third-order valence-electron chi connectivity index (χ3n) is 4.03. The van der Waals surface area contributed by atoms with Crippen LogP contribution in [0.2, 0.25) is 0 Å². The van der Waals surface area contributed by atoms with Crippen LogP contribution in [0.25, 0.3) is 16.8 Å². The molecule has 27 heavy (non-hydrogen) atoms. The first kappa shape index (κ1) is 16.6. The first-order chi connectivity index (χ1) is 13.2. The first-order valence-electron chi connectivity index (χ1n) is 8.34. The Labute approximate surface area is 154 Å². The molecule has 2 N–H and O–H groups in total. The van der Waals surface area contributed by atoms with Gasteiger partial charge >= 0.3 is 6.03 Å². The van der Waals surface area contributed by atoms with E-state index < -0.39 is 0 Å². The lowest BCUT2D eigenvalue weighted by Crippen LogP contribution is -2.31. The van der Waals surface area contributed by atoms with E-state index in [1.807, 2.05) is 34.9 Å². The number of rotatable bonds is 5. The number of urea groups is 1. The van der Waals surface area contributed by atoms with Crippen molar-refractivity contribution in [2.75, 3.05) is 11.9 Å². The summed E-state index contributed by atoms with van der Waals surface area (Å²) in [7, 11) is 1.76. The molecule has 0 radical (unpaired) electrons. The molecule has 0 saturated heterocycles. The lowest BCUT2D eigenvalue weighted by Gasteiger charge is -2.04. The smallest absolute Gasteiger partial charge is 0.320 e. The molecule has 4 aromatic heterocycles. The highest BCUT2D eigenvalue weighted by Gasteiger charge is 2.08. The normalized spacial score (nSPS) is 10.9. The Morgan fingerprint density at radius 2 is 2.11 bits per heavy atom. The number of imidazole rings is 1. The number of aryl methyl sites for hydroxylation is 1. The van der Waals surface area contributed by atoms with E-state index in [-0.39, 0.29) is 6.03 Å². The number of nitrogens with zero attached hydrogens (tertiary/aromatic N) is 7. The highest BCUT2D eigenvalue weighted by molar-refractivity contribution is 5.88. The SMILES string of the molecule is Cn1nnnc1CCNC(=O)Nc1cn2cc(-c3cccnc3)ccc2n1. The minimum Gasteiger partial charge on any atom is -0.337 e. The van der Waals surface area contributed by atoms with Gasteiger partial charge in [-0.3, -0.25) is 10.3 Å². The average Bonchev–Trinajstić information content (AvgIpc) is 3.27. The monoisotopic (exact) mass is 363 g/mol. The van der Waals surface area contributed by atoms with Crippen molar-refractivity contribution < 1.29 is 4.79 Å². The minimum atomic E-state index is -0.332. The number of pyridine rings is 2. The lowest BCUT2D eigenvalue weighted by molar-refractivity contribution is 0.252. The summed E-state index contributed by atoms with van der Waals surface area (Å²) in [6.45, 7) is 0.415. The minimum absolute atomic E-state index is 0.332. The zero-order valence-electron chi connectivity index (χ0n) is 14.6. The van der Waals surface area contributed by atoms with E-state index in [4.69, 9.17) is 0 Å². The van der Waals surface area contributed by atoms with E-state index in [9.17, 15) is 4.79 Å². The molecule has 136 valence electrons. The van der Waals surface area contributed by atoms with Gasteiger partial charge in [0.25, 0.3) is 0 Å². The number of aromatic nitrogens is 7. The van der Waals surface area contributed by atoms with E-state index in [2.05, 4.69) is 36.1 Å². The molecule has 0 unspecified atom stereocenters. The van der Waals surface area contributed by atoms with Crippen LogP contribution in [-0.2, 0) is 13.5 Å². The first-order valence-corrected chi connectivity index (χ1v) is 8.34. The van der Waals surface area contributed by atoms with Crippen LogP contribution in [0.5, 0.6) is 0 Å². The second kappa shape index (κ2) is 7.20. The van der Waals surface area contributed by atoms with Crippen LogP contribution in [0, 0.1) is 0 Å². The predicted octanol–water partition coefficient (Wildman–Crippen LogP) is 1.28. The number of hydrogen-bond donors (Lipinski definition) is 2. The molecule has 0 aliphatic carbocycles. The van der Waals surface area contributed by atoms with Crippen LogP contribution in [0.4, 0.5) is 10.6 Å². The second-order valence-electron chi connectivity index (χ2n) is 5.90. The lowest BCUT2D eigenvalue weighted by atomic mass is 10.1. The van der Waals surface area contributed by atoms with Crippen LogP contribution in [-0.4, -0.2) is 47.2 Å². The van der Waals surface area contributed by atoms with Gasteiger partial charge < -0.3 is 9.72 Å². The largest absolute Gasteiger partial charge is 0.337 e. The molecule has 0 atom stereocenters. The number of fused-ring (bicyclic) bond motifs is 1. The molecular weight excluding hydrogens is 346 g/mol. The number of tetrazole rings is 1. The van der Waals surface area contributed by atoms with Crippen LogP contribution in [0.1, 0.15) is 5.82 Å². The van der Waals surface area contributed by atoms with Crippen LogP contribution < -0.4 is 10.6 Å². The quantitative estimate of drug-likeness (QED) is 0.552. The maximum absolute atomic E-state index is 12.1. The molecule has 0 saturated carbocycles. The van der Waals surface area contributed by atoms with Crippen molar-refractivity contribution in [3.05, 3.63) is 54.9 Å². The number of hydrogen-bond acceptors (Lipinski definition) is 6. The molecule has 0 aliphatic heterocycles. The van der Waals surface area contributed by atoms with Gasteiger partial charge in [-0.1, -0.05) is 6.07 Å². The zero-order chi connectivity index (χ0) is 18.6. The van der Waals surface area contributed by atoms with Crippen molar-refractivity contribution in [1.82, 2.24) is 39.9 Å². The maximum atomic E-state index is 12.1. The molecule has 0 aromatic carbocycles. The van der Waals surface area contributed by atoms with Crippen LogP contribution in [0.3, 0.4) is 0 Å². The number of amides is 2. The second-order valence-corrected chi connectivity index (χ2v) is 5.90. The Kier molecular flexibility index (Phi) is 4.44. The molecule has 0 spiro atoms. The molecule has 0 aliphatic rings. The van der Waals surface area contributed by atoms with Crippen LogP contribution in [0.15, 0.2) is 49.1 Å². The number of carbonyl (C=O) groups excluding carboxylic acids is 1. The van der Waals surface area contributed by atoms with E-state index in [1.165, 1.54) is 0 Å². The third-order valence-corrected chi connectivity index (χ3v) is 4.03. The summed E-state index contributed by atoms with van der Waals surface area (Å²) in [5, 5.41) is 16.7. The van der Waals surface area contributed by atoms with Gasteiger partial charge in [0, 0.05) is 44.2 Å². The topological polar surface area (TPSA) is 115 Å². The summed E-state index contributed by atoms with van der Waals surface area (Å²) < 4.78 is 3.44. The molecule has 4 rings (SSSR count). The van der Waals surface area contributed by atoms with Gasteiger partial charge in [0.05, 0.1) is 6.20 Å². The highest BCUT2D eigenvalue weighted by Crippen LogP contribution is 2.20. The van der Waals surface area contributed by atoms with Gasteiger partial charge in [0.1, 0.15) is 5.65 Å². The Hall–Kier alpha value is -3.82. The van der Waals surface area contributed by atoms with Gasteiger partial charge in [-0.25, -0.2) is 14.5 Å². The molecule has 4 aromatic rings. The maximum Gasteiger partial charge on any atom is 0.320 e. The van der Waals surface area contributed by atoms with Crippen LogP contribution >= 0.6 is 0 Å². The Morgan fingerprint density at radius 1 is 1.19 bits per heavy atom. The fourth-order valence-corrected chi connectivity index (χ4v) is 2.66. The Bertz CT molecular complexity index is 1070. The predicted molar refractivity (Wildman–Crippen MR) is 97.9 cm³/mol. The van der Waals surface area contributed by atoms with E-state index in [0.717, 1.165) is 16.8 Å². The Morgan fingerprint density at radius 3 is 2.89 bits per heavy atom. The fraction of sp³-hybridized carbons (Fsp3) is 0.176. The molecule has 0 bridgehead atoms. The zero-order valence-corrected chi connectivity index (χ0v) is 14.6. The van der Waals surface area contributed by atoms with Gasteiger partial charge in [-0.2, -0.15) is 0 Å². The third kappa shape index (κ3) is 3.73. The van der Waals surface area contributed by atoms with Crippen molar-refractivity contribution >= 4 is 17.5 Å². The van der Waals surface area contributed by atoms with Crippen molar-refractivity contribution in [1.29, 1.82) is 0 Å². The molecule has 10 nitrogen and oxygen atoms in total. The summed E-state index contributed by atoms with van der Waals surface area (Å²) >= 11 is 0.